The maximum Gasteiger partial charge on any atom is 0.190 e. The molecule has 3 aliphatic rings. The van der Waals surface area contributed by atoms with E-state index in [-0.39, 0.29) is 13.0 Å². The van der Waals surface area contributed by atoms with E-state index in [4.69, 9.17) is 23.7 Å². The Morgan fingerprint density at radius 2 is 1.71 bits per heavy atom. The molecule has 3 saturated heterocycles. The molecule has 0 saturated carbocycles. The lowest BCUT2D eigenvalue weighted by molar-refractivity contribution is -0.249. The van der Waals surface area contributed by atoms with Crippen molar-refractivity contribution >= 4 is 0 Å². The zero-order chi connectivity index (χ0) is 15.5. The second-order valence-corrected chi connectivity index (χ2v) is 6.81. The molecule has 122 valence electrons. The first kappa shape index (κ1) is 15.6. The number of hydrogen-bond donors (Lipinski definition) is 2. The van der Waals surface area contributed by atoms with E-state index in [1.165, 1.54) is 0 Å². The van der Waals surface area contributed by atoms with Crippen molar-refractivity contribution in [2.24, 2.45) is 0 Å². The summed E-state index contributed by atoms with van der Waals surface area (Å²) in [4.78, 5) is 0. The van der Waals surface area contributed by atoms with Crippen molar-refractivity contribution in [3.8, 4) is 0 Å². The number of hydrogen-bond acceptors (Lipinski definition) is 7. The summed E-state index contributed by atoms with van der Waals surface area (Å²) in [6, 6.07) is 0. The smallest absolute Gasteiger partial charge is 0.190 e. The highest BCUT2D eigenvalue weighted by atomic mass is 16.8. The molecular weight excluding hydrogens is 280 g/mol. The van der Waals surface area contributed by atoms with E-state index >= 15 is 0 Å². The first-order valence-electron chi connectivity index (χ1n) is 7.33. The van der Waals surface area contributed by atoms with Crippen LogP contribution < -0.4 is 0 Å². The van der Waals surface area contributed by atoms with Crippen LogP contribution in [-0.4, -0.2) is 65.2 Å². The van der Waals surface area contributed by atoms with Gasteiger partial charge in [-0.1, -0.05) is 0 Å². The Morgan fingerprint density at radius 1 is 1.00 bits per heavy atom. The number of rotatable bonds is 3. The van der Waals surface area contributed by atoms with Crippen molar-refractivity contribution in [1.82, 2.24) is 0 Å². The second-order valence-electron chi connectivity index (χ2n) is 6.81. The zero-order valence-electron chi connectivity index (χ0n) is 12.9. The minimum absolute atomic E-state index is 0.124. The number of aliphatic hydroxyl groups is 2. The summed E-state index contributed by atoms with van der Waals surface area (Å²) in [7, 11) is 0. The van der Waals surface area contributed by atoms with E-state index in [0.29, 0.717) is 6.61 Å². The molecule has 3 rings (SSSR count). The molecule has 0 spiro atoms. The summed E-state index contributed by atoms with van der Waals surface area (Å²) in [5.74, 6) is -1.54. The van der Waals surface area contributed by atoms with Gasteiger partial charge in [-0.3, -0.25) is 0 Å². The Bertz CT molecular complexity index is 410. The van der Waals surface area contributed by atoms with Crippen LogP contribution in [0.15, 0.2) is 0 Å². The van der Waals surface area contributed by atoms with Crippen molar-refractivity contribution < 1.29 is 33.9 Å². The third kappa shape index (κ3) is 2.61. The van der Waals surface area contributed by atoms with Crippen molar-refractivity contribution in [3.05, 3.63) is 0 Å². The van der Waals surface area contributed by atoms with Crippen LogP contribution in [0.3, 0.4) is 0 Å². The summed E-state index contributed by atoms with van der Waals surface area (Å²) >= 11 is 0. The second kappa shape index (κ2) is 4.86. The Labute approximate surface area is 124 Å². The first-order chi connectivity index (χ1) is 9.67. The highest BCUT2D eigenvalue weighted by Crippen LogP contribution is 2.47. The normalized spacial score (nSPS) is 47.7. The fraction of sp³-hybridized carbons (Fsp3) is 1.00. The van der Waals surface area contributed by atoms with Crippen LogP contribution in [0.4, 0.5) is 0 Å². The van der Waals surface area contributed by atoms with E-state index in [0.717, 1.165) is 0 Å². The SMILES string of the molecule is CC1(C)OC[C@H]([C@H]2O[C@@H]3OC(C)(C)O[C@@H]3[C@@]2(O)CCO)O1. The molecule has 5 atom stereocenters. The van der Waals surface area contributed by atoms with Crippen LogP contribution in [0.2, 0.25) is 0 Å². The molecule has 7 nitrogen and oxygen atoms in total. The first-order valence-corrected chi connectivity index (χ1v) is 7.33. The summed E-state index contributed by atoms with van der Waals surface area (Å²) < 4.78 is 28.6. The van der Waals surface area contributed by atoms with Gasteiger partial charge in [0.25, 0.3) is 0 Å². The monoisotopic (exact) mass is 304 g/mol. The number of ether oxygens (including phenoxy) is 5. The van der Waals surface area contributed by atoms with Gasteiger partial charge >= 0.3 is 0 Å². The highest BCUT2D eigenvalue weighted by Gasteiger charge is 2.65. The van der Waals surface area contributed by atoms with Gasteiger partial charge in [0, 0.05) is 13.0 Å². The summed E-state index contributed by atoms with van der Waals surface area (Å²) in [5, 5.41) is 20.4. The summed E-state index contributed by atoms with van der Waals surface area (Å²) in [6.07, 6.45) is -2.31. The van der Waals surface area contributed by atoms with Gasteiger partial charge in [0.1, 0.15) is 23.9 Å². The molecule has 7 heteroatoms. The molecule has 2 N–H and O–H groups in total. The van der Waals surface area contributed by atoms with Gasteiger partial charge in [-0.25, -0.2) is 0 Å². The fourth-order valence-electron chi connectivity index (χ4n) is 3.33. The molecule has 3 fully saturated rings. The average Bonchev–Trinajstić information content (AvgIpc) is 2.92. The van der Waals surface area contributed by atoms with Crippen molar-refractivity contribution in [3.63, 3.8) is 0 Å². The fourth-order valence-corrected chi connectivity index (χ4v) is 3.33. The Morgan fingerprint density at radius 3 is 2.29 bits per heavy atom. The molecule has 0 unspecified atom stereocenters. The largest absolute Gasteiger partial charge is 0.396 e. The van der Waals surface area contributed by atoms with E-state index in [1.807, 2.05) is 13.8 Å². The van der Waals surface area contributed by atoms with Crippen LogP contribution in [-0.2, 0) is 23.7 Å². The van der Waals surface area contributed by atoms with Crippen LogP contribution in [0.1, 0.15) is 34.1 Å². The van der Waals surface area contributed by atoms with Crippen molar-refractivity contribution in [2.75, 3.05) is 13.2 Å². The minimum Gasteiger partial charge on any atom is -0.396 e. The molecular formula is C14H24O7. The van der Waals surface area contributed by atoms with Gasteiger partial charge < -0.3 is 33.9 Å². The maximum absolute atomic E-state index is 11.1. The van der Waals surface area contributed by atoms with Crippen LogP contribution >= 0.6 is 0 Å². The topological polar surface area (TPSA) is 86.6 Å². The molecule has 0 aromatic carbocycles. The lowest BCUT2D eigenvalue weighted by Crippen LogP contribution is -2.54. The van der Waals surface area contributed by atoms with E-state index < -0.39 is 41.8 Å². The summed E-state index contributed by atoms with van der Waals surface area (Å²) in [5.41, 5.74) is -1.37. The lowest BCUT2D eigenvalue weighted by Gasteiger charge is -2.35. The molecule has 0 bridgehead atoms. The molecule has 0 radical (unpaired) electrons. The third-order valence-corrected chi connectivity index (χ3v) is 4.20. The van der Waals surface area contributed by atoms with E-state index in [2.05, 4.69) is 0 Å². The highest BCUT2D eigenvalue weighted by molar-refractivity contribution is 5.08. The molecule has 0 amide bonds. The lowest BCUT2D eigenvalue weighted by atomic mass is 9.86. The zero-order valence-corrected chi connectivity index (χ0v) is 12.9. The standard InChI is InChI=1S/C14H24O7/c1-12(2)17-7-8(19-12)9-14(16,5-6-15)10-11(18-9)21-13(3,4)20-10/h8-11,15-16H,5-7H2,1-4H3/t8-,9-,10+,11-,14-/m1/s1. The molecule has 0 aliphatic carbocycles. The maximum atomic E-state index is 11.1. The van der Waals surface area contributed by atoms with E-state index in [9.17, 15) is 10.2 Å². The Kier molecular flexibility index (Phi) is 3.61. The molecule has 3 aliphatic heterocycles. The third-order valence-electron chi connectivity index (χ3n) is 4.20. The van der Waals surface area contributed by atoms with Gasteiger partial charge in [0.2, 0.25) is 0 Å². The molecule has 3 heterocycles. The molecule has 0 aromatic rings. The molecule has 21 heavy (non-hydrogen) atoms. The number of fused-ring (bicyclic) bond motifs is 1. The van der Waals surface area contributed by atoms with Crippen LogP contribution in [0.5, 0.6) is 0 Å². The number of aliphatic hydroxyl groups excluding tert-OH is 1. The summed E-state index contributed by atoms with van der Waals surface area (Å²) in [6.45, 7) is 7.28. The van der Waals surface area contributed by atoms with Crippen molar-refractivity contribution in [2.45, 2.75) is 75.9 Å². The Balaban J connectivity index is 1.82. The quantitative estimate of drug-likeness (QED) is 0.766. The van der Waals surface area contributed by atoms with Gasteiger partial charge in [0.15, 0.2) is 17.9 Å². The van der Waals surface area contributed by atoms with Gasteiger partial charge in [0.05, 0.1) is 6.61 Å². The predicted molar refractivity (Wildman–Crippen MR) is 70.3 cm³/mol. The molecule has 0 aromatic heterocycles. The van der Waals surface area contributed by atoms with Crippen LogP contribution in [0, 0.1) is 0 Å². The Hall–Kier alpha value is -0.280. The minimum atomic E-state index is -1.37. The van der Waals surface area contributed by atoms with Gasteiger partial charge in [-0.2, -0.15) is 0 Å². The van der Waals surface area contributed by atoms with Crippen molar-refractivity contribution in [1.29, 1.82) is 0 Å². The van der Waals surface area contributed by atoms with Gasteiger partial charge in [-0.15, -0.1) is 0 Å². The predicted octanol–water partition coefficient (Wildman–Crippen LogP) is 0.128. The van der Waals surface area contributed by atoms with Gasteiger partial charge in [-0.05, 0) is 27.7 Å². The van der Waals surface area contributed by atoms with Crippen LogP contribution in [0.25, 0.3) is 0 Å². The average molecular weight is 304 g/mol. The van der Waals surface area contributed by atoms with E-state index in [1.54, 1.807) is 13.8 Å².